The lowest BCUT2D eigenvalue weighted by Gasteiger charge is -2.12. The van der Waals surface area contributed by atoms with Crippen LogP contribution in [0.5, 0.6) is 11.5 Å². The van der Waals surface area contributed by atoms with Gasteiger partial charge in [0.15, 0.2) is 34.1 Å². The summed E-state index contributed by atoms with van der Waals surface area (Å²) in [7, 11) is 3.14. The van der Waals surface area contributed by atoms with Gasteiger partial charge in [-0.1, -0.05) is 6.07 Å². The molecule has 0 unspecified atom stereocenters. The van der Waals surface area contributed by atoms with Crippen LogP contribution in [-0.4, -0.2) is 24.2 Å². The van der Waals surface area contributed by atoms with E-state index in [1.807, 2.05) is 12.1 Å². The number of rotatable bonds is 5. The number of nitrogens with zero attached hydrogens (tertiary/aromatic N) is 2. The average Bonchev–Trinajstić information content (AvgIpc) is 2.74. The highest BCUT2D eigenvalue weighted by atomic mass is 16.5. The second-order valence-electron chi connectivity index (χ2n) is 5.92. The van der Waals surface area contributed by atoms with E-state index in [9.17, 15) is 4.79 Å². The zero-order chi connectivity index (χ0) is 19.5. The number of nitrogens with one attached hydrogen (secondary N) is 1. The Labute approximate surface area is 160 Å². The summed E-state index contributed by atoms with van der Waals surface area (Å²) in [6.45, 7) is 0. The van der Waals surface area contributed by atoms with E-state index >= 15 is 0 Å². The predicted octanol–water partition coefficient (Wildman–Crippen LogP) is 4.01. The Hall–Kier alpha value is -3.87. The molecule has 0 aliphatic rings. The molecule has 7 heteroatoms. The maximum atomic E-state index is 12.6. The van der Waals surface area contributed by atoms with Gasteiger partial charge in [-0.2, -0.15) is 0 Å². The Bertz CT molecular complexity index is 1190. The first-order chi connectivity index (χ1) is 13.7. The third-order valence-corrected chi connectivity index (χ3v) is 4.21. The summed E-state index contributed by atoms with van der Waals surface area (Å²) in [4.78, 5) is 21.2. The molecular formula is C21H17N3O4. The molecule has 28 heavy (non-hydrogen) atoms. The highest BCUT2D eigenvalue weighted by Gasteiger charge is 2.13. The number of fused-ring (bicyclic) bond motifs is 1. The standard InChI is InChI=1S/C21H17N3O4/c1-26-17-7-6-13(11-19(17)27-2)24-21-20-14(8-10-23-21)16(25)12-18(28-20)15-5-3-4-9-22-15/h3-12H,1-2H3,(H,23,24). The molecule has 0 amide bonds. The maximum absolute atomic E-state index is 12.6. The lowest BCUT2D eigenvalue weighted by atomic mass is 10.2. The normalized spacial score (nSPS) is 10.6. The van der Waals surface area contributed by atoms with Crippen LogP contribution in [0.15, 0.2) is 70.1 Å². The molecule has 0 bridgehead atoms. The minimum atomic E-state index is -0.167. The molecule has 0 atom stereocenters. The van der Waals surface area contributed by atoms with Crippen LogP contribution in [0.25, 0.3) is 22.4 Å². The summed E-state index contributed by atoms with van der Waals surface area (Å²) >= 11 is 0. The van der Waals surface area contributed by atoms with Gasteiger partial charge in [0.25, 0.3) is 0 Å². The van der Waals surface area contributed by atoms with Crippen molar-refractivity contribution in [2.75, 3.05) is 19.5 Å². The fourth-order valence-corrected chi connectivity index (χ4v) is 2.86. The maximum Gasteiger partial charge on any atom is 0.193 e. The molecule has 0 saturated carbocycles. The summed E-state index contributed by atoms with van der Waals surface area (Å²) < 4.78 is 16.6. The minimum Gasteiger partial charge on any atom is -0.493 e. The molecule has 3 heterocycles. The number of pyridine rings is 2. The zero-order valence-electron chi connectivity index (χ0n) is 15.3. The van der Waals surface area contributed by atoms with Gasteiger partial charge in [0.1, 0.15) is 5.69 Å². The van der Waals surface area contributed by atoms with Crippen molar-refractivity contribution in [3.05, 3.63) is 71.1 Å². The van der Waals surface area contributed by atoms with Gasteiger partial charge in [0.05, 0.1) is 19.6 Å². The lowest BCUT2D eigenvalue weighted by molar-refractivity contribution is 0.355. The van der Waals surface area contributed by atoms with Gasteiger partial charge in [-0.05, 0) is 30.3 Å². The summed E-state index contributed by atoms with van der Waals surface area (Å²) in [5.41, 5.74) is 1.47. The second-order valence-corrected chi connectivity index (χ2v) is 5.92. The molecule has 4 rings (SSSR count). The summed E-state index contributed by atoms with van der Waals surface area (Å²) in [5, 5.41) is 3.61. The van der Waals surface area contributed by atoms with Crippen LogP contribution >= 0.6 is 0 Å². The predicted molar refractivity (Wildman–Crippen MR) is 106 cm³/mol. The minimum absolute atomic E-state index is 0.167. The van der Waals surface area contributed by atoms with Gasteiger partial charge in [-0.15, -0.1) is 0 Å². The molecule has 140 valence electrons. The Morgan fingerprint density at radius 3 is 2.54 bits per heavy atom. The number of ether oxygens (including phenoxy) is 2. The van der Waals surface area contributed by atoms with E-state index in [0.29, 0.717) is 45.4 Å². The quantitative estimate of drug-likeness (QED) is 0.564. The average molecular weight is 375 g/mol. The van der Waals surface area contributed by atoms with E-state index < -0.39 is 0 Å². The van der Waals surface area contributed by atoms with Gasteiger partial charge in [0, 0.05) is 30.2 Å². The molecule has 0 spiro atoms. The van der Waals surface area contributed by atoms with Crippen molar-refractivity contribution in [2.24, 2.45) is 0 Å². The van der Waals surface area contributed by atoms with Crippen molar-refractivity contribution in [3.8, 4) is 23.0 Å². The Morgan fingerprint density at radius 2 is 1.79 bits per heavy atom. The fourth-order valence-electron chi connectivity index (χ4n) is 2.86. The Morgan fingerprint density at radius 1 is 0.929 bits per heavy atom. The van der Waals surface area contributed by atoms with Crippen molar-refractivity contribution in [3.63, 3.8) is 0 Å². The largest absolute Gasteiger partial charge is 0.493 e. The number of benzene rings is 1. The number of hydrogen-bond acceptors (Lipinski definition) is 7. The molecule has 0 aliphatic carbocycles. The monoisotopic (exact) mass is 375 g/mol. The Balaban J connectivity index is 1.81. The molecule has 1 N–H and O–H groups in total. The van der Waals surface area contributed by atoms with Crippen LogP contribution in [0.2, 0.25) is 0 Å². The SMILES string of the molecule is COc1ccc(Nc2nccc3c(=O)cc(-c4ccccn4)oc23)cc1OC. The number of hydrogen-bond donors (Lipinski definition) is 1. The van der Waals surface area contributed by atoms with Gasteiger partial charge < -0.3 is 19.2 Å². The third-order valence-electron chi connectivity index (χ3n) is 4.21. The zero-order valence-corrected chi connectivity index (χ0v) is 15.3. The molecule has 0 aliphatic heterocycles. The number of aromatic nitrogens is 2. The molecule has 0 radical (unpaired) electrons. The van der Waals surface area contributed by atoms with Crippen LogP contribution in [0.3, 0.4) is 0 Å². The van der Waals surface area contributed by atoms with Crippen molar-refractivity contribution in [1.82, 2.24) is 9.97 Å². The van der Waals surface area contributed by atoms with Crippen molar-refractivity contribution in [2.45, 2.75) is 0 Å². The molecular weight excluding hydrogens is 358 g/mol. The highest BCUT2D eigenvalue weighted by Crippen LogP contribution is 2.32. The van der Waals surface area contributed by atoms with Crippen LogP contribution in [0.1, 0.15) is 0 Å². The number of methoxy groups -OCH3 is 2. The third kappa shape index (κ3) is 3.25. The summed E-state index contributed by atoms with van der Waals surface area (Å²) in [6.07, 6.45) is 3.20. The van der Waals surface area contributed by atoms with Gasteiger partial charge >= 0.3 is 0 Å². The second kappa shape index (κ2) is 7.40. The highest BCUT2D eigenvalue weighted by molar-refractivity contribution is 5.89. The smallest absolute Gasteiger partial charge is 0.193 e. The molecule has 0 saturated heterocycles. The number of anilines is 2. The molecule has 1 aromatic carbocycles. The van der Waals surface area contributed by atoms with E-state index in [4.69, 9.17) is 13.9 Å². The van der Waals surface area contributed by atoms with E-state index in [1.165, 1.54) is 6.07 Å². The van der Waals surface area contributed by atoms with E-state index in [2.05, 4.69) is 15.3 Å². The summed E-state index contributed by atoms with van der Waals surface area (Å²) in [6, 6.07) is 13.9. The molecule has 3 aromatic heterocycles. The first-order valence-electron chi connectivity index (χ1n) is 8.53. The molecule has 0 fully saturated rings. The van der Waals surface area contributed by atoms with E-state index in [1.54, 1.807) is 56.9 Å². The molecule has 7 nitrogen and oxygen atoms in total. The van der Waals surface area contributed by atoms with Crippen molar-refractivity contribution < 1.29 is 13.9 Å². The summed E-state index contributed by atoms with van der Waals surface area (Å²) in [5.74, 6) is 1.98. The van der Waals surface area contributed by atoms with Crippen LogP contribution in [0, 0.1) is 0 Å². The molecule has 4 aromatic rings. The first-order valence-corrected chi connectivity index (χ1v) is 8.53. The van der Waals surface area contributed by atoms with Gasteiger partial charge in [-0.3, -0.25) is 9.78 Å². The topological polar surface area (TPSA) is 86.5 Å². The van der Waals surface area contributed by atoms with Gasteiger partial charge in [0.2, 0.25) is 0 Å². The van der Waals surface area contributed by atoms with Crippen molar-refractivity contribution >= 4 is 22.5 Å². The van der Waals surface area contributed by atoms with E-state index in [-0.39, 0.29) is 5.43 Å². The fraction of sp³-hybridized carbons (Fsp3) is 0.0952. The Kier molecular flexibility index (Phi) is 4.63. The van der Waals surface area contributed by atoms with E-state index in [0.717, 1.165) is 0 Å². The van der Waals surface area contributed by atoms with Crippen LogP contribution < -0.4 is 20.2 Å². The van der Waals surface area contributed by atoms with Crippen LogP contribution in [0.4, 0.5) is 11.5 Å². The van der Waals surface area contributed by atoms with Gasteiger partial charge in [-0.25, -0.2) is 4.98 Å². The van der Waals surface area contributed by atoms with Crippen LogP contribution in [-0.2, 0) is 0 Å². The first kappa shape index (κ1) is 17.5. The van der Waals surface area contributed by atoms with Crippen molar-refractivity contribution in [1.29, 1.82) is 0 Å². The lowest BCUT2D eigenvalue weighted by Crippen LogP contribution is -2.04.